The van der Waals surface area contributed by atoms with E-state index in [2.05, 4.69) is 22.4 Å². The minimum Gasteiger partial charge on any atom is -0.491 e. The normalized spacial score (nSPS) is 10.8. The molecule has 21 heavy (non-hydrogen) atoms. The summed E-state index contributed by atoms with van der Waals surface area (Å²) in [5.74, 6) is 0.848. The third-order valence-electron chi connectivity index (χ3n) is 3.16. The van der Waals surface area contributed by atoms with Crippen LogP contribution in [-0.4, -0.2) is 37.1 Å². The highest BCUT2D eigenvalue weighted by molar-refractivity contribution is 5.63. The van der Waals surface area contributed by atoms with Crippen molar-refractivity contribution in [3.63, 3.8) is 0 Å². The van der Waals surface area contributed by atoms with Crippen LogP contribution in [0.1, 0.15) is 18.9 Å². The number of hydrogen-bond acceptors (Lipinski definition) is 4. The molecule has 0 aliphatic heterocycles. The lowest BCUT2D eigenvalue weighted by Gasteiger charge is -2.07. The van der Waals surface area contributed by atoms with E-state index in [0.29, 0.717) is 13.2 Å². The molecule has 0 aliphatic carbocycles. The molecule has 2 rings (SSSR count). The summed E-state index contributed by atoms with van der Waals surface area (Å²) in [4.78, 5) is 0. The number of ether oxygens (including phenoxy) is 2. The van der Waals surface area contributed by atoms with Gasteiger partial charge in [-0.3, -0.25) is 5.10 Å². The maximum atomic E-state index is 5.57. The second-order valence-corrected chi connectivity index (χ2v) is 4.81. The standard InChI is InChI=1S/C16H23N3O2/c1-3-8-17-11-14-12-18-19-16(14)13-4-6-15(7-5-13)21-10-9-20-2/h4-7,12,17H,3,8-11H2,1-2H3,(H,18,19). The number of H-pyrrole nitrogens is 1. The first kappa shape index (κ1) is 15.5. The number of aromatic nitrogens is 2. The largest absolute Gasteiger partial charge is 0.491 e. The fourth-order valence-corrected chi connectivity index (χ4v) is 2.06. The van der Waals surface area contributed by atoms with Crippen molar-refractivity contribution >= 4 is 0 Å². The molecular formula is C16H23N3O2. The Morgan fingerprint density at radius 2 is 2.00 bits per heavy atom. The van der Waals surface area contributed by atoms with E-state index in [9.17, 15) is 0 Å². The van der Waals surface area contributed by atoms with Crippen LogP contribution in [0.3, 0.4) is 0 Å². The Morgan fingerprint density at radius 3 is 2.71 bits per heavy atom. The highest BCUT2D eigenvalue weighted by Crippen LogP contribution is 2.23. The van der Waals surface area contributed by atoms with Crippen molar-refractivity contribution in [2.24, 2.45) is 0 Å². The van der Waals surface area contributed by atoms with Gasteiger partial charge in [0.2, 0.25) is 0 Å². The lowest BCUT2D eigenvalue weighted by Crippen LogP contribution is -2.13. The van der Waals surface area contributed by atoms with Gasteiger partial charge in [-0.15, -0.1) is 0 Å². The van der Waals surface area contributed by atoms with E-state index in [-0.39, 0.29) is 0 Å². The quantitative estimate of drug-likeness (QED) is 0.697. The zero-order chi connectivity index (χ0) is 14.9. The zero-order valence-corrected chi connectivity index (χ0v) is 12.7. The lowest BCUT2D eigenvalue weighted by molar-refractivity contribution is 0.146. The molecular weight excluding hydrogens is 266 g/mol. The zero-order valence-electron chi connectivity index (χ0n) is 12.7. The van der Waals surface area contributed by atoms with Crippen LogP contribution in [0.4, 0.5) is 0 Å². The summed E-state index contributed by atoms with van der Waals surface area (Å²) >= 11 is 0. The van der Waals surface area contributed by atoms with E-state index in [1.807, 2.05) is 30.5 Å². The number of nitrogens with zero attached hydrogens (tertiary/aromatic N) is 1. The van der Waals surface area contributed by atoms with Crippen molar-refractivity contribution in [3.05, 3.63) is 36.0 Å². The Morgan fingerprint density at radius 1 is 1.19 bits per heavy atom. The Hall–Kier alpha value is -1.85. The van der Waals surface area contributed by atoms with Crippen LogP contribution in [0.2, 0.25) is 0 Å². The molecule has 0 bridgehead atoms. The van der Waals surface area contributed by atoms with Crippen molar-refractivity contribution in [3.8, 4) is 17.0 Å². The molecule has 5 heteroatoms. The molecule has 2 aromatic rings. The predicted octanol–water partition coefficient (Wildman–Crippen LogP) is 2.60. The summed E-state index contributed by atoms with van der Waals surface area (Å²) in [5, 5.41) is 10.6. The molecule has 0 fully saturated rings. The van der Waals surface area contributed by atoms with E-state index in [4.69, 9.17) is 9.47 Å². The van der Waals surface area contributed by atoms with Gasteiger partial charge in [-0.05, 0) is 37.2 Å². The predicted molar refractivity (Wildman–Crippen MR) is 83.4 cm³/mol. The van der Waals surface area contributed by atoms with Crippen LogP contribution in [0.5, 0.6) is 5.75 Å². The third-order valence-corrected chi connectivity index (χ3v) is 3.16. The molecule has 0 saturated carbocycles. The number of methoxy groups -OCH3 is 1. The van der Waals surface area contributed by atoms with Gasteiger partial charge in [0.25, 0.3) is 0 Å². The highest BCUT2D eigenvalue weighted by Gasteiger charge is 2.07. The van der Waals surface area contributed by atoms with E-state index >= 15 is 0 Å². The van der Waals surface area contributed by atoms with E-state index in [1.165, 1.54) is 5.56 Å². The summed E-state index contributed by atoms with van der Waals surface area (Å²) in [5.41, 5.74) is 3.35. The second-order valence-electron chi connectivity index (χ2n) is 4.81. The van der Waals surface area contributed by atoms with Gasteiger partial charge < -0.3 is 14.8 Å². The molecule has 0 radical (unpaired) electrons. The lowest BCUT2D eigenvalue weighted by atomic mass is 10.1. The third kappa shape index (κ3) is 4.58. The van der Waals surface area contributed by atoms with Crippen LogP contribution in [0, 0.1) is 0 Å². The number of hydrogen-bond donors (Lipinski definition) is 2. The molecule has 1 heterocycles. The van der Waals surface area contributed by atoms with Gasteiger partial charge in [-0.1, -0.05) is 6.92 Å². The Kier molecular flexibility index (Phi) is 6.24. The summed E-state index contributed by atoms with van der Waals surface area (Å²) in [6.07, 6.45) is 3.00. The molecule has 114 valence electrons. The van der Waals surface area contributed by atoms with Crippen molar-refractivity contribution in [1.29, 1.82) is 0 Å². The monoisotopic (exact) mass is 289 g/mol. The summed E-state index contributed by atoms with van der Waals surface area (Å²) in [6, 6.07) is 8.02. The minimum absolute atomic E-state index is 0.562. The van der Waals surface area contributed by atoms with Gasteiger partial charge in [0, 0.05) is 24.8 Å². The van der Waals surface area contributed by atoms with E-state index in [1.54, 1.807) is 7.11 Å². The maximum absolute atomic E-state index is 5.57. The molecule has 0 saturated heterocycles. The average molecular weight is 289 g/mol. The topological polar surface area (TPSA) is 59.2 Å². The van der Waals surface area contributed by atoms with Crippen LogP contribution in [0.25, 0.3) is 11.3 Å². The van der Waals surface area contributed by atoms with Crippen LogP contribution in [-0.2, 0) is 11.3 Å². The Bertz CT molecular complexity index is 523. The SMILES string of the molecule is CCCNCc1cn[nH]c1-c1ccc(OCCOC)cc1. The summed E-state index contributed by atoms with van der Waals surface area (Å²) < 4.78 is 10.5. The molecule has 0 atom stereocenters. The number of nitrogens with one attached hydrogen (secondary N) is 2. The van der Waals surface area contributed by atoms with Crippen molar-refractivity contribution in [2.45, 2.75) is 19.9 Å². The van der Waals surface area contributed by atoms with E-state index < -0.39 is 0 Å². The van der Waals surface area contributed by atoms with Crippen molar-refractivity contribution in [1.82, 2.24) is 15.5 Å². The van der Waals surface area contributed by atoms with E-state index in [0.717, 1.165) is 36.5 Å². The average Bonchev–Trinajstić information content (AvgIpc) is 2.97. The van der Waals surface area contributed by atoms with Crippen molar-refractivity contribution in [2.75, 3.05) is 26.9 Å². The maximum Gasteiger partial charge on any atom is 0.119 e. The first-order valence-corrected chi connectivity index (χ1v) is 7.30. The van der Waals surface area contributed by atoms with Gasteiger partial charge in [0.1, 0.15) is 12.4 Å². The van der Waals surface area contributed by atoms with Crippen LogP contribution >= 0.6 is 0 Å². The first-order valence-electron chi connectivity index (χ1n) is 7.30. The molecule has 1 aromatic heterocycles. The summed E-state index contributed by atoms with van der Waals surface area (Å²) in [6.45, 7) is 5.15. The van der Waals surface area contributed by atoms with Gasteiger partial charge >= 0.3 is 0 Å². The van der Waals surface area contributed by atoms with Crippen LogP contribution < -0.4 is 10.1 Å². The second kappa shape index (κ2) is 8.44. The molecule has 2 N–H and O–H groups in total. The van der Waals surface area contributed by atoms with Gasteiger partial charge in [-0.2, -0.15) is 5.10 Å². The first-order chi connectivity index (χ1) is 10.3. The van der Waals surface area contributed by atoms with Gasteiger partial charge in [0.15, 0.2) is 0 Å². The molecule has 0 amide bonds. The number of aromatic amines is 1. The van der Waals surface area contributed by atoms with Gasteiger partial charge in [-0.25, -0.2) is 0 Å². The number of rotatable bonds is 9. The highest BCUT2D eigenvalue weighted by atomic mass is 16.5. The summed E-state index contributed by atoms with van der Waals surface area (Å²) in [7, 11) is 1.67. The van der Waals surface area contributed by atoms with Crippen LogP contribution in [0.15, 0.2) is 30.5 Å². The molecule has 0 unspecified atom stereocenters. The molecule has 0 aliphatic rings. The van der Waals surface area contributed by atoms with Gasteiger partial charge in [0.05, 0.1) is 18.5 Å². The fourth-order valence-electron chi connectivity index (χ4n) is 2.06. The fraction of sp³-hybridized carbons (Fsp3) is 0.438. The number of benzene rings is 1. The Labute approximate surface area is 125 Å². The molecule has 5 nitrogen and oxygen atoms in total. The molecule has 1 aromatic carbocycles. The minimum atomic E-state index is 0.562. The Balaban J connectivity index is 2.00. The van der Waals surface area contributed by atoms with Crippen molar-refractivity contribution < 1.29 is 9.47 Å². The molecule has 0 spiro atoms. The smallest absolute Gasteiger partial charge is 0.119 e.